The highest BCUT2D eigenvalue weighted by molar-refractivity contribution is 5.98. The summed E-state index contributed by atoms with van der Waals surface area (Å²) in [6.45, 7) is 2.74. The minimum Gasteiger partial charge on any atom is -0.454 e. The molecule has 142 valence electrons. The molecule has 1 fully saturated rings. The van der Waals surface area contributed by atoms with Gasteiger partial charge in [0, 0.05) is 37.0 Å². The highest BCUT2D eigenvalue weighted by Gasteiger charge is 2.28. The number of Topliss-reactive ketones (excluding diaryl/α,β-unsaturated/α-hetero) is 1. The van der Waals surface area contributed by atoms with E-state index >= 15 is 0 Å². The number of carbonyl (C=O) groups is 1. The summed E-state index contributed by atoms with van der Waals surface area (Å²) in [6.07, 6.45) is 5.37. The quantitative estimate of drug-likeness (QED) is 0.651. The normalized spacial score (nSPS) is 19.1. The van der Waals surface area contributed by atoms with Crippen molar-refractivity contribution in [1.29, 1.82) is 0 Å². The number of ether oxygens (including phenoxy) is 2. The van der Waals surface area contributed by atoms with E-state index in [1.165, 1.54) is 0 Å². The van der Waals surface area contributed by atoms with Crippen LogP contribution in [-0.4, -0.2) is 40.5 Å². The summed E-state index contributed by atoms with van der Waals surface area (Å²) < 4.78 is 10.8. The van der Waals surface area contributed by atoms with Crippen molar-refractivity contribution in [3.8, 4) is 11.5 Å². The maximum atomic E-state index is 13.1. The number of benzene rings is 2. The lowest BCUT2D eigenvalue weighted by Gasteiger charge is -2.32. The van der Waals surface area contributed by atoms with Gasteiger partial charge in [-0.3, -0.25) is 19.7 Å². The molecule has 2 aromatic carbocycles. The summed E-state index contributed by atoms with van der Waals surface area (Å²) >= 11 is 0. The molecule has 1 atom stereocenters. The minimum atomic E-state index is -0.00446. The lowest BCUT2D eigenvalue weighted by atomic mass is 9.89. The van der Waals surface area contributed by atoms with Crippen LogP contribution in [0.5, 0.6) is 11.5 Å². The number of hydrogen-bond donors (Lipinski definition) is 0. The molecular formula is C22H21N3O3. The molecule has 0 saturated carbocycles. The van der Waals surface area contributed by atoms with Crippen molar-refractivity contribution >= 4 is 16.8 Å². The molecular weight excluding hydrogens is 354 g/mol. The number of aromatic nitrogens is 2. The Labute approximate surface area is 163 Å². The van der Waals surface area contributed by atoms with E-state index in [4.69, 9.17) is 9.47 Å². The van der Waals surface area contributed by atoms with Crippen LogP contribution in [0.25, 0.3) is 11.0 Å². The van der Waals surface area contributed by atoms with Crippen molar-refractivity contribution in [1.82, 2.24) is 14.9 Å². The Morgan fingerprint density at radius 1 is 1.11 bits per heavy atom. The van der Waals surface area contributed by atoms with E-state index < -0.39 is 0 Å². The molecule has 2 aliphatic heterocycles. The predicted octanol–water partition coefficient (Wildman–Crippen LogP) is 3.45. The minimum absolute atomic E-state index is 0.00446. The van der Waals surface area contributed by atoms with Gasteiger partial charge in [-0.2, -0.15) is 0 Å². The summed E-state index contributed by atoms with van der Waals surface area (Å²) in [4.78, 5) is 24.3. The third kappa shape index (κ3) is 3.20. The fraction of sp³-hybridized carbons (Fsp3) is 0.318. The molecule has 1 saturated heterocycles. The van der Waals surface area contributed by atoms with E-state index in [-0.39, 0.29) is 18.5 Å². The number of likely N-dealkylation sites (tertiary alicyclic amines) is 1. The maximum absolute atomic E-state index is 13.1. The van der Waals surface area contributed by atoms with Gasteiger partial charge < -0.3 is 9.47 Å². The first-order valence-electron chi connectivity index (χ1n) is 9.63. The average Bonchev–Trinajstić information content (AvgIpc) is 3.22. The summed E-state index contributed by atoms with van der Waals surface area (Å²) in [5.41, 5.74) is 3.70. The van der Waals surface area contributed by atoms with Crippen LogP contribution in [0.1, 0.15) is 28.8 Å². The topological polar surface area (TPSA) is 64.6 Å². The van der Waals surface area contributed by atoms with E-state index in [1.807, 2.05) is 30.3 Å². The molecule has 3 heterocycles. The summed E-state index contributed by atoms with van der Waals surface area (Å²) in [7, 11) is 0. The molecule has 0 aliphatic carbocycles. The van der Waals surface area contributed by atoms with E-state index in [0.717, 1.165) is 49.1 Å². The molecule has 0 spiro atoms. The molecule has 5 rings (SSSR count). The molecule has 2 aliphatic rings. The fourth-order valence-electron chi connectivity index (χ4n) is 4.12. The number of rotatable bonds is 4. The Hall–Kier alpha value is -2.99. The zero-order chi connectivity index (χ0) is 18.9. The third-order valence-corrected chi connectivity index (χ3v) is 5.51. The van der Waals surface area contributed by atoms with Crippen molar-refractivity contribution in [2.45, 2.75) is 19.4 Å². The van der Waals surface area contributed by atoms with Crippen LogP contribution in [0.4, 0.5) is 0 Å². The Balaban J connectivity index is 1.32. The van der Waals surface area contributed by atoms with Crippen LogP contribution in [0.3, 0.4) is 0 Å². The van der Waals surface area contributed by atoms with Gasteiger partial charge >= 0.3 is 0 Å². The summed E-state index contributed by atoms with van der Waals surface area (Å²) in [6, 6.07) is 11.6. The zero-order valence-electron chi connectivity index (χ0n) is 15.5. The summed E-state index contributed by atoms with van der Waals surface area (Å²) in [5.74, 6) is 1.54. The fourth-order valence-corrected chi connectivity index (χ4v) is 4.12. The molecule has 1 aromatic heterocycles. The van der Waals surface area contributed by atoms with Crippen LogP contribution < -0.4 is 9.47 Å². The second-order valence-corrected chi connectivity index (χ2v) is 7.35. The van der Waals surface area contributed by atoms with Gasteiger partial charge in [-0.05, 0) is 49.2 Å². The predicted molar refractivity (Wildman–Crippen MR) is 104 cm³/mol. The number of ketones is 1. The molecule has 0 bridgehead atoms. The van der Waals surface area contributed by atoms with Gasteiger partial charge in [-0.25, -0.2) is 0 Å². The molecule has 6 heteroatoms. The third-order valence-electron chi connectivity index (χ3n) is 5.51. The Bertz CT molecular complexity index is 1030. The SMILES string of the molecule is O=C(c1ccc2c(c1)OCO2)[C@H]1CCCN(Cc2cccc3nccnc23)C1. The second kappa shape index (κ2) is 7.20. The first-order valence-corrected chi connectivity index (χ1v) is 9.63. The monoisotopic (exact) mass is 375 g/mol. The molecule has 3 aromatic rings. The number of piperidine rings is 1. The van der Waals surface area contributed by atoms with E-state index in [9.17, 15) is 4.79 Å². The Kier molecular flexibility index (Phi) is 4.41. The molecule has 0 unspecified atom stereocenters. The molecule has 28 heavy (non-hydrogen) atoms. The van der Waals surface area contributed by atoms with Crippen molar-refractivity contribution in [3.05, 3.63) is 59.9 Å². The van der Waals surface area contributed by atoms with Crippen molar-refractivity contribution in [2.75, 3.05) is 19.9 Å². The highest BCUT2D eigenvalue weighted by Crippen LogP contribution is 2.34. The Morgan fingerprint density at radius 2 is 2.00 bits per heavy atom. The zero-order valence-corrected chi connectivity index (χ0v) is 15.5. The molecule has 0 amide bonds. The smallest absolute Gasteiger partial charge is 0.231 e. The van der Waals surface area contributed by atoms with Crippen LogP contribution in [0.15, 0.2) is 48.8 Å². The summed E-state index contributed by atoms with van der Waals surface area (Å²) in [5, 5.41) is 0. The van der Waals surface area contributed by atoms with Crippen molar-refractivity contribution < 1.29 is 14.3 Å². The number of fused-ring (bicyclic) bond motifs is 2. The highest BCUT2D eigenvalue weighted by atomic mass is 16.7. The molecule has 0 N–H and O–H groups in total. The lowest BCUT2D eigenvalue weighted by molar-refractivity contribution is 0.0811. The van der Waals surface area contributed by atoms with Gasteiger partial charge in [-0.1, -0.05) is 12.1 Å². The van der Waals surface area contributed by atoms with Crippen molar-refractivity contribution in [2.24, 2.45) is 5.92 Å². The standard InChI is InChI=1S/C22H21N3O3/c26-22(15-6-7-19-20(11-15)28-14-27-19)17-4-2-10-25(13-17)12-16-3-1-5-18-21(16)24-9-8-23-18/h1,3,5-9,11,17H,2,4,10,12-14H2/t17-/m0/s1. The maximum Gasteiger partial charge on any atom is 0.231 e. The van der Waals surface area contributed by atoms with Crippen LogP contribution >= 0.6 is 0 Å². The van der Waals surface area contributed by atoms with Crippen LogP contribution in [0, 0.1) is 5.92 Å². The van der Waals surface area contributed by atoms with Crippen LogP contribution in [-0.2, 0) is 6.54 Å². The van der Waals surface area contributed by atoms with E-state index in [0.29, 0.717) is 17.1 Å². The van der Waals surface area contributed by atoms with Gasteiger partial charge in [0.15, 0.2) is 17.3 Å². The molecule has 0 radical (unpaired) electrons. The van der Waals surface area contributed by atoms with Gasteiger partial charge in [0.05, 0.1) is 11.0 Å². The largest absolute Gasteiger partial charge is 0.454 e. The first-order chi connectivity index (χ1) is 13.8. The first kappa shape index (κ1) is 17.1. The van der Waals surface area contributed by atoms with Gasteiger partial charge in [0.2, 0.25) is 6.79 Å². The van der Waals surface area contributed by atoms with Gasteiger partial charge in [-0.15, -0.1) is 0 Å². The van der Waals surface area contributed by atoms with Gasteiger partial charge in [0.1, 0.15) is 0 Å². The van der Waals surface area contributed by atoms with Crippen molar-refractivity contribution in [3.63, 3.8) is 0 Å². The van der Waals surface area contributed by atoms with E-state index in [2.05, 4.69) is 20.9 Å². The molecule has 6 nitrogen and oxygen atoms in total. The van der Waals surface area contributed by atoms with Gasteiger partial charge in [0.25, 0.3) is 0 Å². The lowest BCUT2D eigenvalue weighted by Crippen LogP contribution is -2.38. The number of nitrogens with zero attached hydrogens (tertiary/aromatic N) is 3. The Morgan fingerprint density at radius 3 is 2.96 bits per heavy atom. The van der Waals surface area contributed by atoms with E-state index in [1.54, 1.807) is 12.4 Å². The number of hydrogen-bond acceptors (Lipinski definition) is 6. The second-order valence-electron chi connectivity index (χ2n) is 7.35. The average molecular weight is 375 g/mol. The number of para-hydroxylation sites is 1. The van der Waals surface area contributed by atoms with Crippen LogP contribution in [0.2, 0.25) is 0 Å². The number of carbonyl (C=O) groups excluding carboxylic acids is 1.